The predicted octanol–water partition coefficient (Wildman–Crippen LogP) is 1.52. The average molecular weight is 329 g/mol. The average Bonchev–Trinajstić information content (AvgIpc) is 2.39. The van der Waals surface area contributed by atoms with Gasteiger partial charge in [0.1, 0.15) is 12.7 Å². The van der Waals surface area contributed by atoms with Crippen molar-refractivity contribution in [3.8, 4) is 0 Å². The van der Waals surface area contributed by atoms with Gasteiger partial charge >= 0.3 is 5.97 Å². The van der Waals surface area contributed by atoms with Gasteiger partial charge in [-0.2, -0.15) is 0 Å². The summed E-state index contributed by atoms with van der Waals surface area (Å²) >= 11 is 3.29. The summed E-state index contributed by atoms with van der Waals surface area (Å²) in [5, 5.41) is 0. The second kappa shape index (κ2) is 6.36. The number of carbonyl (C=O) groups is 1. The first-order valence-corrected chi connectivity index (χ1v) is 6.88. The van der Waals surface area contributed by atoms with Crippen LogP contribution in [0.25, 0.3) is 0 Å². The van der Waals surface area contributed by atoms with Crippen molar-refractivity contribution in [2.24, 2.45) is 0 Å². The normalized spacial score (nSPS) is 20.2. The van der Waals surface area contributed by atoms with Gasteiger partial charge in [0.25, 0.3) is 0 Å². The van der Waals surface area contributed by atoms with Gasteiger partial charge in [-0.05, 0) is 35.1 Å². The van der Waals surface area contributed by atoms with E-state index in [1.54, 1.807) is 18.2 Å². The van der Waals surface area contributed by atoms with Crippen LogP contribution in [0.4, 0.5) is 5.69 Å². The number of ether oxygens (including phenoxy) is 2. The number of rotatable bonds is 3. The molecule has 0 amide bonds. The molecule has 104 valence electrons. The number of likely N-dealkylation sites (N-methyl/N-ethyl adjacent to an activating group) is 1. The van der Waals surface area contributed by atoms with E-state index in [0.29, 0.717) is 22.3 Å². The smallest absolute Gasteiger partial charge is 0.339 e. The Morgan fingerprint density at radius 2 is 2.42 bits per heavy atom. The minimum Gasteiger partial charge on any atom is -0.459 e. The summed E-state index contributed by atoms with van der Waals surface area (Å²) in [5.41, 5.74) is 6.68. The summed E-state index contributed by atoms with van der Waals surface area (Å²) in [4.78, 5) is 14.1. The summed E-state index contributed by atoms with van der Waals surface area (Å²) < 4.78 is 11.4. The Labute approximate surface area is 120 Å². The van der Waals surface area contributed by atoms with Crippen molar-refractivity contribution in [3.05, 3.63) is 28.2 Å². The molecular formula is C13H17BrN2O3. The molecule has 1 saturated heterocycles. The van der Waals surface area contributed by atoms with E-state index in [1.165, 1.54) is 0 Å². The number of carbonyl (C=O) groups excluding carboxylic acids is 1. The van der Waals surface area contributed by atoms with Crippen molar-refractivity contribution in [2.75, 3.05) is 39.1 Å². The van der Waals surface area contributed by atoms with Crippen LogP contribution in [0.15, 0.2) is 22.7 Å². The highest BCUT2D eigenvalue weighted by Crippen LogP contribution is 2.24. The van der Waals surface area contributed by atoms with E-state index in [4.69, 9.17) is 15.2 Å². The monoisotopic (exact) mass is 328 g/mol. The fraction of sp³-hybridized carbons (Fsp3) is 0.462. The van der Waals surface area contributed by atoms with E-state index in [1.807, 2.05) is 7.05 Å². The van der Waals surface area contributed by atoms with Crippen molar-refractivity contribution in [3.63, 3.8) is 0 Å². The number of hydrogen-bond donors (Lipinski definition) is 1. The zero-order valence-electron chi connectivity index (χ0n) is 10.8. The first-order chi connectivity index (χ1) is 9.08. The molecule has 2 N–H and O–H groups in total. The maximum absolute atomic E-state index is 12.0. The van der Waals surface area contributed by atoms with E-state index >= 15 is 0 Å². The van der Waals surface area contributed by atoms with Gasteiger partial charge in [0.2, 0.25) is 0 Å². The fourth-order valence-electron chi connectivity index (χ4n) is 1.92. The van der Waals surface area contributed by atoms with Crippen LogP contribution in [0.1, 0.15) is 10.4 Å². The Morgan fingerprint density at radius 3 is 3.16 bits per heavy atom. The second-order valence-corrected chi connectivity index (χ2v) is 5.36. The Kier molecular flexibility index (Phi) is 4.79. The highest BCUT2D eigenvalue weighted by atomic mass is 79.9. The van der Waals surface area contributed by atoms with Crippen LogP contribution in [0.2, 0.25) is 0 Å². The maximum Gasteiger partial charge on any atom is 0.339 e. The third-order valence-corrected chi connectivity index (χ3v) is 3.88. The number of anilines is 1. The molecule has 0 saturated carbocycles. The molecule has 1 heterocycles. The molecule has 0 bridgehead atoms. The van der Waals surface area contributed by atoms with Gasteiger partial charge in [-0.3, -0.25) is 0 Å². The van der Waals surface area contributed by atoms with Gasteiger partial charge < -0.3 is 20.1 Å². The third-order valence-electron chi connectivity index (χ3n) is 2.99. The lowest BCUT2D eigenvalue weighted by Crippen LogP contribution is -2.42. The molecule has 1 fully saturated rings. The van der Waals surface area contributed by atoms with Crippen LogP contribution in [0, 0.1) is 0 Å². The zero-order valence-corrected chi connectivity index (χ0v) is 12.4. The number of benzene rings is 1. The third kappa shape index (κ3) is 3.68. The standard InChI is InChI=1S/C13H17BrN2O3/c1-16-5-6-18-9(7-16)8-19-13(17)10-3-2-4-11(15)12(10)14/h2-4,9H,5-8,15H2,1H3. The first-order valence-electron chi connectivity index (χ1n) is 6.09. The topological polar surface area (TPSA) is 64.8 Å². The number of nitrogens with two attached hydrogens (primary N) is 1. The number of nitrogen functional groups attached to an aromatic ring is 1. The molecule has 0 radical (unpaired) electrons. The van der Waals surface area contributed by atoms with E-state index < -0.39 is 5.97 Å². The van der Waals surface area contributed by atoms with Crippen LogP contribution >= 0.6 is 15.9 Å². The van der Waals surface area contributed by atoms with Gasteiger partial charge in [-0.15, -0.1) is 0 Å². The van der Waals surface area contributed by atoms with Gasteiger partial charge in [0.15, 0.2) is 0 Å². The van der Waals surface area contributed by atoms with Gasteiger partial charge in [0, 0.05) is 18.8 Å². The van der Waals surface area contributed by atoms with Crippen LogP contribution in [-0.4, -0.2) is 50.3 Å². The molecule has 1 aliphatic rings. The molecule has 1 unspecified atom stereocenters. The van der Waals surface area contributed by atoms with Crippen LogP contribution < -0.4 is 5.73 Å². The Hall–Kier alpha value is -1.11. The quantitative estimate of drug-likeness (QED) is 0.673. The van der Waals surface area contributed by atoms with Gasteiger partial charge in [-0.1, -0.05) is 6.07 Å². The molecule has 6 heteroatoms. The van der Waals surface area contributed by atoms with E-state index in [-0.39, 0.29) is 12.7 Å². The summed E-state index contributed by atoms with van der Waals surface area (Å²) in [5.74, 6) is -0.393. The molecule has 1 aromatic rings. The minimum absolute atomic E-state index is 0.0671. The van der Waals surface area contributed by atoms with Crippen molar-refractivity contribution in [2.45, 2.75) is 6.10 Å². The van der Waals surface area contributed by atoms with Crippen LogP contribution in [0.5, 0.6) is 0 Å². The molecule has 2 rings (SSSR count). The molecule has 1 aliphatic heterocycles. The molecule has 0 aliphatic carbocycles. The molecule has 0 spiro atoms. The molecule has 0 aromatic heterocycles. The summed E-state index contributed by atoms with van der Waals surface area (Å²) in [6.07, 6.45) is -0.0671. The second-order valence-electron chi connectivity index (χ2n) is 4.56. The van der Waals surface area contributed by atoms with E-state index in [2.05, 4.69) is 20.8 Å². The van der Waals surface area contributed by atoms with Crippen molar-refractivity contribution >= 4 is 27.6 Å². The summed E-state index contributed by atoms with van der Waals surface area (Å²) in [6.45, 7) is 2.60. The lowest BCUT2D eigenvalue weighted by molar-refractivity contribution is -0.0528. The Bertz CT molecular complexity index is 467. The maximum atomic E-state index is 12.0. The van der Waals surface area contributed by atoms with Gasteiger partial charge in [0.05, 0.1) is 16.6 Å². The fourth-order valence-corrected chi connectivity index (χ4v) is 2.35. The summed E-state index contributed by atoms with van der Waals surface area (Å²) in [7, 11) is 2.02. The SMILES string of the molecule is CN1CCOC(COC(=O)c2cccc(N)c2Br)C1. The molecular weight excluding hydrogens is 312 g/mol. The number of nitrogens with zero attached hydrogens (tertiary/aromatic N) is 1. The number of morpholine rings is 1. The number of halogens is 1. The summed E-state index contributed by atoms with van der Waals surface area (Å²) in [6, 6.07) is 5.12. The predicted molar refractivity (Wildman–Crippen MR) is 76.1 cm³/mol. The van der Waals surface area contributed by atoms with Crippen LogP contribution in [-0.2, 0) is 9.47 Å². The lowest BCUT2D eigenvalue weighted by atomic mass is 10.2. The highest BCUT2D eigenvalue weighted by molar-refractivity contribution is 9.10. The lowest BCUT2D eigenvalue weighted by Gasteiger charge is -2.29. The van der Waals surface area contributed by atoms with Gasteiger partial charge in [-0.25, -0.2) is 4.79 Å². The number of hydrogen-bond acceptors (Lipinski definition) is 5. The molecule has 1 aromatic carbocycles. The van der Waals surface area contributed by atoms with Crippen molar-refractivity contribution in [1.82, 2.24) is 4.90 Å². The van der Waals surface area contributed by atoms with E-state index in [0.717, 1.165) is 13.1 Å². The molecule has 1 atom stereocenters. The molecule has 5 nitrogen and oxygen atoms in total. The Morgan fingerprint density at radius 1 is 1.63 bits per heavy atom. The zero-order chi connectivity index (χ0) is 13.8. The molecule has 19 heavy (non-hydrogen) atoms. The first kappa shape index (κ1) is 14.3. The largest absolute Gasteiger partial charge is 0.459 e. The van der Waals surface area contributed by atoms with Crippen LogP contribution in [0.3, 0.4) is 0 Å². The van der Waals surface area contributed by atoms with E-state index in [9.17, 15) is 4.79 Å². The minimum atomic E-state index is -0.393. The van der Waals surface area contributed by atoms with Crippen molar-refractivity contribution in [1.29, 1.82) is 0 Å². The van der Waals surface area contributed by atoms with Crippen molar-refractivity contribution < 1.29 is 14.3 Å². The Balaban J connectivity index is 1.92. The number of esters is 1. The highest BCUT2D eigenvalue weighted by Gasteiger charge is 2.20.